The number of Topliss-reactive ketones (excluding diaryl/α,β-unsaturated/α-hetero) is 1. The van der Waals surface area contributed by atoms with Crippen LogP contribution < -0.4 is 0 Å². The molecule has 94 valence electrons. The molecule has 1 aliphatic rings. The maximum Gasteiger partial charge on any atom is 0.172 e. The standard InChI is InChI=1S/C13H19NOS2/c1-11-10-14(7-9-16-11)6-2-4-12(15)13-5-3-8-17-13/h3,5,8,11H,2,4,6-7,9-10H2,1H3. The van der Waals surface area contributed by atoms with E-state index in [2.05, 4.69) is 23.6 Å². The fourth-order valence-corrected chi connectivity index (χ4v) is 3.89. The SMILES string of the molecule is CC1CN(CCCC(=O)c2cccs2)CCS1. The van der Waals surface area contributed by atoms with Crippen molar-refractivity contribution in [2.75, 3.05) is 25.4 Å². The molecule has 2 rings (SSSR count). The van der Waals surface area contributed by atoms with Crippen LogP contribution >= 0.6 is 23.1 Å². The monoisotopic (exact) mass is 269 g/mol. The molecule has 1 aromatic rings. The van der Waals surface area contributed by atoms with E-state index in [1.807, 2.05) is 17.5 Å². The van der Waals surface area contributed by atoms with Crippen LogP contribution in [0.15, 0.2) is 17.5 Å². The Morgan fingerprint density at radius 1 is 1.59 bits per heavy atom. The summed E-state index contributed by atoms with van der Waals surface area (Å²) in [5, 5.41) is 2.72. The highest BCUT2D eigenvalue weighted by Crippen LogP contribution is 2.18. The van der Waals surface area contributed by atoms with Crippen molar-refractivity contribution < 1.29 is 4.79 Å². The van der Waals surface area contributed by atoms with Crippen LogP contribution in [0, 0.1) is 0 Å². The molecule has 0 saturated carbocycles. The third-order valence-corrected chi connectivity index (χ3v) is 5.05. The molecule has 0 aromatic carbocycles. The highest BCUT2D eigenvalue weighted by atomic mass is 32.2. The van der Waals surface area contributed by atoms with Gasteiger partial charge in [-0.15, -0.1) is 11.3 Å². The van der Waals surface area contributed by atoms with Crippen LogP contribution in [0.25, 0.3) is 0 Å². The van der Waals surface area contributed by atoms with E-state index in [-0.39, 0.29) is 0 Å². The Labute approximate surface area is 111 Å². The van der Waals surface area contributed by atoms with Gasteiger partial charge in [-0.1, -0.05) is 13.0 Å². The lowest BCUT2D eigenvalue weighted by Gasteiger charge is -2.30. The third-order valence-electron chi connectivity index (χ3n) is 3.00. The smallest absolute Gasteiger partial charge is 0.172 e. The van der Waals surface area contributed by atoms with Gasteiger partial charge in [0.05, 0.1) is 4.88 Å². The van der Waals surface area contributed by atoms with E-state index >= 15 is 0 Å². The Kier molecular flexibility index (Phi) is 5.07. The Bertz CT molecular complexity index is 350. The fourth-order valence-electron chi connectivity index (χ4n) is 2.12. The largest absolute Gasteiger partial charge is 0.301 e. The van der Waals surface area contributed by atoms with Crippen molar-refractivity contribution in [3.05, 3.63) is 22.4 Å². The van der Waals surface area contributed by atoms with Crippen LogP contribution in [0.5, 0.6) is 0 Å². The van der Waals surface area contributed by atoms with E-state index in [4.69, 9.17) is 0 Å². The summed E-state index contributed by atoms with van der Waals surface area (Å²) in [5.74, 6) is 1.54. The summed E-state index contributed by atoms with van der Waals surface area (Å²) in [6, 6.07) is 3.87. The van der Waals surface area contributed by atoms with Crippen molar-refractivity contribution in [1.29, 1.82) is 0 Å². The second-order valence-corrected chi connectivity index (χ2v) is 6.98. The van der Waals surface area contributed by atoms with Gasteiger partial charge >= 0.3 is 0 Å². The molecule has 1 aliphatic heterocycles. The molecule has 1 atom stereocenters. The van der Waals surface area contributed by atoms with Crippen LogP contribution in [0.3, 0.4) is 0 Å². The van der Waals surface area contributed by atoms with Crippen molar-refractivity contribution in [2.45, 2.75) is 25.0 Å². The lowest BCUT2D eigenvalue weighted by molar-refractivity contribution is 0.0979. The molecule has 2 nitrogen and oxygen atoms in total. The van der Waals surface area contributed by atoms with Gasteiger partial charge in [0.25, 0.3) is 0 Å². The van der Waals surface area contributed by atoms with E-state index in [0.29, 0.717) is 12.2 Å². The zero-order valence-electron chi connectivity index (χ0n) is 10.2. The van der Waals surface area contributed by atoms with Gasteiger partial charge in [-0.2, -0.15) is 11.8 Å². The first-order valence-corrected chi connectivity index (χ1v) is 8.09. The van der Waals surface area contributed by atoms with Gasteiger partial charge in [-0.05, 0) is 24.4 Å². The normalized spacial score (nSPS) is 21.6. The lowest BCUT2D eigenvalue weighted by atomic mass is 10.2. The fraction of sp³-hybridized carbons (Fsp3) is 0.615. The molecule has 1 saturated heterocycles. The van der Waals surface area contributed by atoms with Gasteiger partial charge in [0.15, 0.2) is 5.78 Å². The number of carbonyl (C=O) groups excluding carboxylic acids is 1. The maximum absolute atomic E-state index is 11.8. The average molecular weight is 269 g/mol. The summed E-state index contributed by atoms with van der Waals surface area (Å²) in [6.45, 7) is 5.72. The number of ketones is 1. The van der Waals surface area contributed by atoms with Gasteiger partial charge in [-0.3, -0.25) is 4.79 Å². The topological polar surface area (TPSA) is 20.3 Å². The Balaban J connectivity index is 1.67. The first kappa shape index (κ1) is 13.1. The summed E-state index contributed by atoms with van der Waals surface area (Å²) in [7, 11) is 0. The number of thiophene rings is 1. The molecular weight excluding hydrogens is 250 g/mol. The van der Waals surface area contributed by atoms with Gasteiger partial charge in [0, 0.05) is 30.5 Å². The zero-order chi connectivity index (χ0) is 12.1. The third kappa shape index (κ3) is 4.12. The van der Waals surface area contributed by atoms with E-state index in [1.165, 1.54) is 18.8 Å². The van der Waals surface area contributed by atoms with Crippen molar-refractivity contribution >= 4 is 28.9 Å². The second kappa shape index (κ2) is 6.57. The Morgan fingerprint density at radius 3 is 3.18 bits per heavy atom. The highest BCUT2D eigenvalue weighted by Gasteiger charge is 2.16. The molecule has 0 amide bonds. The van der Waals surface area contributed by atoms with Crippen LogP contribution in [0.2, 0.25) is 0 Å². The average Bonchev–Trinajstić information content (AvgIpc) is 2.82. The Morgan fingerprint density at radius 2 is 2.47 bits per heavy atom. The molecular formula is C13H19NOS2. The van der Waals surface area contributed by atoms with Crippen molar-refractivity contribution in [1.82, 2.24) is 4.90 Å². The number of carbonyl (C=O) groups is 1. The summed E-state index contributed by atoms with van der Waals surface area (Å²) in [6.07, 6.45) is 1.69. The molecule has 0 bridgehead atoms. The second-order valence-electron chi connectivity index (χ2n) is 4.49. The minimum atomic E-state index is 0.305. The van der Waals surface area contributed by atoms with E-state index in [9.17, 15) is 4.79 Å². The minimum absolute atomic E-state index is 0.305. The molecule has 0 aliphatic carbocycles. The first-order chi connectivity index (χ1) is 8.25. The summed E-state index contributed by atoms with van der Waals surface area (Å²) >= 11 is 3.60. The predicted molar refractivity (Wildman–Crippen MR) is 76.2 cm³/mol. The number of thioether (sulfide) groups is 1. The number of hydrogen-bond donors (Lipinski definition) is 0. The molecule has 0 spiro atoms. The van der Waals surface area contributed by atoms with Crippen LogP contribution in [-0.2, 0) is 0 Å². The molecule has 4 heteroatoms. The van der Waals surface area contributed by atoms with Crippen molar-refractivity contribution in [3.8, 4) is 0 Å². The van der Waals surface area contributed by atoms with Crippen LogP contribution in [0.1, 0.15) is 29.4 Å². The first-order valence-electron chi connectivity index (χ1n) is 6.16. The number of rotatable bonds is 5. The van der Waals surface area contributed by atoms with Crippen molar-refractivity contribution in [3.63, 3.8) is 0 Å². The Hall–Kier alpha value is -0.320. The molecule has 1 unspecified atom stereocenters. The summed E-state index contributed by atoms with van der Waals surface area (Å²) in [4.78, 5) is 15.2. The number of nitrogens with zero attached hydrogens (tertiary/aromatic N) is 1. The molecule has 17 heavy (non-hydrogen) atoms. The molecule has 0 N–H and O–H groups in total. The van der Waals surface area contributed by atoms with E-state index in [0.717, 1.165) is 23.1 Å². The molecule has 1 aromatic heterocycles. The summed E-state index contributed by atoms with van der Waals surface area (Å²) < 4.78 is 0. The van der Waals surface area contributed by atoms with E-state index in [1.54, 1.807) is 11.3 Å². The van der Waals surface area contributed by atoms with Crippen molar-refractivity contribution in [2.24, 2.45) is 0 Å². The highest BCUT2D eigenvalue weighted by molar-refractivity contribution is 7.99. The van der Waals surface area contributed by atoms with Gasteiger partial charge < -0.3 is 4.90 Å². The predicted octanol–water partition coefficient (Wildman–Crippen LogP) is 3.15. The van der Waals surface area contributed by atoms with Gasteiger partial charge in [-0.25, -0.2) is 0 Å². The number of hydrogen-bond acceptors (Lipinski definition) is 4. The molecule has 0 radical (unpaired) electrons. The maximum atomic E-state index is 11.8. The lowest BCUT2D eigenvalue weighted by Crippen LogP contribution is -2.37. The molecule has 2 heterocycles. The van der Waals surface area contributed by atoms with Crippen LogP contribution in [-0.4, -0.2) is 41.3 Å². The van der Waals surface area contributed by atoms with Gasteiger partial charge in [0.2, 0.25) is 0 Å². The zero-order valence-corrected chi connectivity index (χ0v) is 11.9. The minimum Gasteiger partial charge on any atom is -0.301 e. The summed E-state index contributed by atoms with van der Waals surface area (Å²) in [5.41, 5.74) is 0. The van der Waals surface area contributed by atoms with Crippen LogP contribution in [0.4, 0.5) is 0 Å². The van der Waals surface area contributed by atoms with E-state index < -0.39 is 0 Å². The van der Waals surface area contributed by atoms with Gasteiger partial charge in [0.1, 0.15) is 0 Å². The molecule has 1 fully saturated rings. The quantitative estimate of drug-likeness (QED) is 0.766.